The van der Waals surface area contributed by atoms with E-state index in [1.807, 2.05) is 0 Å². The Bertz CT molecular complexity index is 692. The lowest BCUT2D eigenvalue weighted by atomic mass is 9.99. The van der Waals surface area contributed by atoms with E-state index < -0.39 is 4.32 Å². The largest absolute Gasteiger partial charge is 0.373 e. The first-order valence-corrected chi connectivity index (χ1v) is 6.91. The fourth-order valence-corrected chi connectivity index (χ4v) is 3.00. The highest BCUT2D eigenvalue weighted by atomic mass is 79.9. The minimum atomic E-state index is -1.41. The molecule has 0 saturated heterocycles. The zero-order valence-electron chi connectivity index (χ0n) is 10.7. The van der Waals surface area contributed by atoms with Gasteiger partial charge in [0.25, 0.3) is 0 Å². The number of rotatable bonds is 2. The van der Waals surface area contributed by atoms with E-state index in [4.69, 9.17) is 0 Å². The van der Waals surface area contributed by atoms with Gasteiger partial charge in [0, 0.05) is 18.2 Å². The smallest absolute Gasteiger partial charge is 0.194 e. The van der Waals surface area contributed by atoms with Crippen LogP contribution in [0, 0.1) is 0 Å². The van der Waals surface area contributed by atoms with Gasteiger partial charge < -0.3 is 5.32 Å². The van der Waals surface area contributed by atoms with Crippen LogP contribution >= 0.6 is 15.9 Å². The number of nitrogens with zero attached hydrogens (tertiary/aromatic N) is 1. The number of halogens is 1. The van der Waals surface area contributed by atoms with Gasteiger partial charge in [-0.1, -0.05) is 46.3 Å². The van der Waals surface area contributed by atoms with E-state index in [0.29, 0.717) is 22.6 Å². The van der Waals surface area contributed by atoms with Crippen LogP contribution in [0.5, 0.6) is 0 Å². The van der Waals surface area contributed by atoms with Crippen LogP contribution < -0.4 is 5.32 Å². The molecule has 0 atom stereocenters. The molecule has 0 bridgehead atoms. The molecular formula is C15H11BrN2O2. The number of alkyl halides is 1. The van der Waals surface area contributed by atoms with E-state index in [0.717, 1.165) is 0 Å². The van der Waals surface area contributed by atoms with Crippen LogP contribution in [0.25, 0.3) is 0 Å². The highest BCUT2D eigenvalue weighted by Gasteiger charge is 2.53. The zero-order chi connectivity index (χ0) is 14.3. The number of pyridine rings is 1. The summed E-state index contributed by atoms with van der Waals surface area (Å²) < 4.78 is -1.41. The van der Waals surface area contributed by atoms with E-state index in [9.17, 15) is 9.59 Å². The third-order valence-corrected chi connectivity index (χ3v) is 4.53. The molecule has 1 N–H and O–H groups in total. The number of nitrogens with one attached hydrogen (secondary N) is 1. The van der Waals surface area contributed by atoms with Crippen molar-refractivity contribution >= 4 is 33.3 Å². The van der Waals surface area contributed by atoms with Crippen LogP contribution in [0.2, 0.25) is 0 Å². The number of benzene rings is 1. The molecule has 0 amide bonds. The Labute approximate surface area is 124 Å². The van der Waals surface area contributed by atoms with E-state index in [1.54, 1.807) is 49.5 Å². The quantitative estimate of drug-likeness (QED) is 0.679. The number of hydrogen-bond donors (Lipinski definition) is 1. The number of anilines is 1. The van der Waals surface area contributed by atoms with Crippen molar-refractivity contribution in [3.63, 3.8) is 0 Å². The van der Waals surface area contributed by atoms with Crippen molar-refractivity contribution in [2.45, 2.75) is 4.32 Å². The molecule has 0 spiro atoms. The lowest BCUT2D eigenvalue weighted by molar-refractivity contribution is 0.0869. The first-order chi connectivity index (χ1) is 9.59. The average molecular weight is 331 g/mol. The van der Waals surface area contributed by atoms with Crippen molar-refractivity contribution in [1.82, 2.24) is 4.98 Å². The summed E-state index contributed by atoms with van der Waals surface area (Å²) in [5, 5.41) is 2.90. The molecule has 4 nitrogen and oxygen atoms in total. The maximum Gasteiger partial charge on any atom is 0.194 e. The lowest BCUT2D eigenvalue weighted by Crippen LogP contribution is -2.32. The summed E-state index contributed by atoms with van der Waals surface area (Å²) >= 11 is 3.34. The number of Topliss-reactive ketones (excluding diaryl/α,β-unsaturated/α-hetero) is 2. The molecule has 1 aliphatic carbocycles. The monoisotopic (exact) mass is 330 g/mol. The molecule has 1 heterocycles. The molecule has 0 fully saturated rings. The summed E-state index contributed by atoms with van der Waals surface area (Å²) in [6.07, 6.45) is 0. The molecule has 3 rings (SSSR count). The maximum absolute atomic E-state index is 12.6. The van der Waals surface area contributed by atoms with Crippen molar-refractivity contribution in [3.05, 3.63) is 59.3 Å². The molecular weight excluding hydrogens is 320 g/mol. The number of hydrogen-bond acceptors (Lipinski definition) is 4. The van der Waals surface area contributed by atoms with Gasteiger partial charge in [-0.15, -0.1) is 0 Å². The molecule has 2 aromatic rings. The van der Waals surface area contributed by atoms with E-state index in [-0.39, 0.29) is 11.6 Å². The fourth-order valence-electron chi connectivity index (χ4n) is 2.35. The van der Waals surface area contributed by atoms with Gasteiger partial charge in [-0.25, -0.2) is 4.98 Å². The molecule has 1 aromatic carbocycles. The van der Waals surface area contributed by atoms with Crippen molar-refractivity contribution in [2.24, 2.45) is 0 Å². The topological polar surface area (TPSA) is 59.1 Å². The number of fused-ring (bicyclic) bond motifs is 1. The summed E-state index contributed by atoms with van der Waals surface area (Å²) in [6, 6.07) is 12.1. The summed E-state index contributed by atoms with van der Waals surface area (Å²) in [5.74, 6) is 0.0792. The average Bonchev–Trinajstić information content (AvgIpc) is 2.71. The number of carbonyl (C=O) groups is 2. The third-order valence-electron chi connectivity index (χ3n) is 3.40. The highest BCUT2D eigenvalue weighted by Crippen LogP contribution is 2.43. The fraction of sp³-hybridized carbons (Fsp3) is 0.133. The van der Waals surface area contributed by atoms with Gasteiger partial charge >= 0.3 is 0 Å². The predicted octanol–water partition coefficient (Wildman–Crippen LogP) is 2.79. The second-order valence-electron chi connectivity index (χ2n) is 4.52. The third kappa shape index (κ3) is 1.63. The van der Waals surface area contributed by atoms with Crippen LogP contribution in [-0.2, 0) is 4.32 Å². The van der Waals surface area contributed by atoms with Crippen molar-refractivity contribution in [3.8, 4) is 0 Å². The van der Waals surface area contributed by atoms with Gasteiger partial charge in [0.1, 0.15) is 5.82 Å². The second-order valence-corrected chi connectivity index (χ2v) is 5.71. The predicted molar refractivity (Wildman–Crippen MR) is 79.5 cm³/mol. The minimum Gasteiger partial charge on any atom is -0.373 e. The van der Waals surface area contributed by atoms with Crippen LogP contribution in [-0.4, -0.2) is 23.6 Å². The first kappa shape index (κ1) is 13.0. The van der Waals surface area contributed by atoms with Gasteiger partial charge in [0.2, 0.25) is 0 Å². The molecule has 0 aliphatic heterocycles. The molecule has 5 heteroatoms. The van der Waals surface area contributed by atoms with Gasteiger partial charge in [-0.3, -0.25) is 9.59 Å². The van der Waals surface area contributed by atoms with Gasteiger partial charge in [-0.05, 0) is 12.1 Å². The van der Waals surface area contributed by atoms with Gasteiger partial charge in [0.05, 0.1) is 5.69 Å². The Hall–Kier alpha value is -2.01. The lowest BCUT2D eigenvalue weighted by Gasteiger charge is -2.18. The number of aromatic nitrogens is 1. The molecule has 1 aromatic heterocycles. The second kappa shape index (κ2) is 4.52. The molecule has 0 unspecified atom stereocenters. The van der Waals surface area contributed by atoms with Gasteiger partial charge in [-0.2, -0.15) is 0 Å². The molecule has 100 valence electrons. The van der Waals surface area contributed by atoms with E-state index >= 15 is 0 Å². The SMILES string of the molecule is CNc1cccc(C2(Br)C(=O)c3ccccc3C2=O)n1. The Kier molecular flexibility index (Phi) is 2.94. The number of ketones is 2. The Morgan fingerprint density at radius 3 is 2.15 bits per heavy atom. The van der Waals surface area contributed by atoms with E-state index in [2.05, 4.69) is 26.2 Å². The van der Waals surface area contributed by atoms with Gasteiger partial charge in [0.15, 0.2) is 15.9 Å². The summed E-state index contributed by atoms with van der Waals surface area (Å²) in [7, 11) is 1.74. The minimum absolute atomic E-state index is 0.265. The normalized spacial score (nSPS) is 16.1. The van der Waals surface area contributed by atoms with Crippen LogP contribution in [0.15, 0.2) is 42.5 Å². The molecule has 0 saturated carbocycles. The molecule has 1 aliphatic rings. The van der Waals surface area contributed by atoms with E-state index in [1.165, 1.54) is 0 Å². The standard InChI is InChI=1S/C15H11BrN2O2/c1-17-12-8-4-7-11(18-12)15(16)13(19)9-5-2-3-6-10(9)14(15)20/h2-8H,1H3,(H,17,18). The summed E-state index contributed by atoms with van der Waals surface area (Å²) in [4.78, 5) is 29.5. The Morgan fingerprint density at radius 2 is 1.60 bits per heavy atom. The van der Waals surface area contributed by atoms with Crippen molar-refractivity contribution in [1.29, 1.82) is 0 Å². The summed E-state index contributed by atoms with van der Waals surface area (Å²) in [6.45, 7) is 0. The molecule has 20 heavy (non-hydrogen) atoms. The van der Waals surface area contributed by atoms with Crippen molar-refractivity contribution in [2.75, 3.05) is 12.4 Å². The number of carbonyl (C=O) groups excluding carboxylic acids is 2. The highest BCUT2D eigenvalue weighted by molar-refractivity contribution is 9.10. The van der Waals surface area contributed by atoms with Crippen LogP contribution in [0.4, 0.5) is 5.82 Å². The van der Waals surface area contributed by atoms with Crippen molar-refractivity contribution < 1.29 is 9.59 Å². The Morgan fingerprint density at radius 1 is 1.00 bits per heavy atom. The Balaban J connectivity index is 2.19. The zero-order valence-corrected chi connectivity index (χ0v) is 12.3. The molecule has 0 radical (unpaired) electrons. The first-order valence-electron chi connectivity index (χ1n) is 6.12. The summed E-state index contributed by atoms with van der Waals surface area (Å²) in [5.41, 5.74) is 1.27. The van der Waals surface area contributed by atoms with Crippen LogP contribution in [0.1, 0.15) is 26.4 Å². The maximum atomic E-state index is 12.6. The van der Waals surface area contributed by atoms with Crippen LogP contribution in [0.3, 0.4) is 0 Å².